The van der Waals surface area contributed by atoms with Crippen LogP contribution in [0.4, 0.5) is 5.69 Å². The molecule has 1 aromatic rings. The van der Waals surface area contributed by atoms with Crippen molar-refractivity contribution in [2.75, 3.05) is 18.4 Å². The number of nitrogens with zero attached hydrogens (tertiary/aromatic N) is 1. The topological polar surface area (TPSA) is 15.3 Å². The van der Waals surface area contributed by atoms with Crippen LogP contribution in [-0.4, -0.2) is 30.1 Å². The number of hydrogen-bond donors (Lipinski definition) is 1. The molecule has 1 saturated heterocycles. The van der Waals surface area contributed by atoms with Gasteiger partial charge in [-0.15, -0.1) is 0 Å². The minimum Gasteiger partial charge on any atom is -0.382 e. The van der Waals surface area contributed by atoms with E-state index >= 15 is 0 Å². The van der Waals surface area contributed by atoms with E-state index in [-0.39, 0.29) is 0 Å². The maximum Gasteiger partial charge on any atom is 0.0343 e. The van der Waals surface area contributed by atoms with Crippen LogP contribution in [0.1, 0.15) is 51.4 Å². The van der Waals surface area contributed by atoms with Crippen molar-refractivity contribution in [1.82, 2.24) is 4.90 Å². The molecule has 1 saturated carbocycles. The van der Waals surface area contributed by atoms with Crippen molar-refractivity contribution in [2.24, 2.45) is 0 Å². The van der Waals surface area contributed by atoms with Crippen LogP contribution in [0, 0.1) is 0 Å². The number of rotatable bonds is 3. The molecule has 0 radical (unpaired) electrons. The largest absolute Gasteiger partial charge is 0.382 e. The molecule has 0 unspecified atom stereocenters. The molecule has 1 heterocycles. The Balaban J connectivity index is 1.47. The molecule has 116 valence electrons. The van der Waals surface area contributed by atoms with Crippen molar-refractivity contribution in [3.8, 4) is 0 Å². The molecular formula is C18H27BrN2. The maximum absolute atomic E-state index is 3.70. The number of hydrogen-bond acceptors (Lipinski definition) is 2. The second-order valence-corrected chi connectivity index (χ2v) is 7.52. The van der Waals surface area contributed by atoms with Gasteiger partial charge in [0.05, 0.1) is 0 Å². The van der Waals surface area contributed by atoms with Crippen LogP contribution in [0.2, 0.25) is 0 Å². The molecule has 0 atom stereocenters. The van der Waals surface area contributed by atoms with Gasteiger partial charge in [-0.3, -0.25) is 0 Å². The molecule has 0 amide bonds. The Labute approximate surface area is 137 Å². The highest BCUT2D eigenvalue weighted by molar-refractivity contribution is 9.10. The van der Waals surface area contributed by atoms with E-state index in [1.165, 1.54) is 70.1 Å². The average molecular weight is 351 g/mol. The molecule has 0 bridgehead atoms. The fourth-order valence-corrected chi connectivity index (χ4v) is 4.08. The summed E-state index contributed by atoms with van der Waals surface area (Å²) in [6.07, 6.45) is 11.2. The Morgan fingerprint density at radius 1 is 0.857 bits per heavy atom. The van der Waals surface area contributed by atoms with Crippen molar-refractivity contribution >= 4 is 21.6 Å². The number of anilines is 1. The first kappa shape index (κ1) is 15.4. The van der Waals surface area contributed by atoms with E-state index in [1.807, 2.05) is 0 Å². The van der Waals surface area contributed by atoms with Crippen molar-refractivity contribution in [3.63, 3.8) is 0 Å². The Hall–Kier alpha value is -0.540. The zero-order valence-corrected chi connectivity index (χ0v) is 14.4. The zero-order chi connectivity index (χ0) is 14.5. The van der Waals surface area contributed by atoms with Gasteiger partial charge in [-0.1, -0.05) is 41.6 Å². The van der Waals surface area contributed by atoms with Gasteiger partial charge >= 0.3 is 0 Å². The fraction of sp³-hybridized carbons (Fsp3) is 0.667. The summed E-state index contributed by atoms with van der Waals surface area (Å²) in [4.78, 5) is 2.77. The van der Waals surface area contributed by atoms with E-state index in [4.69, 9.17) is 0 Å². The number of halogens is 1. The van der Waals surface area contributed by atoms with Gasteiger partial charge < -0.3 is 10.2 Å². The smallest absolute Gasteiger partial charge is 0.0343 e. The van der Waals surface area contributed by atoms with Gasteiger partial charge in [0.1, 0.15) is 0 Å². The molecule has 2 fully saturated rings. The molecule has 3 rings (SSSR count). The highest BCUT2D eigenvalue weighted by Crippen LogP contribution is 2.26. The molecule has 21 heavy (non-hydrogen) atoms. The minimum absolute atomic E-state index is 0.646. The average Bonchev–Trinajstić information content (AvgIpc) is 2.80. The summed E-state index contributed by atoms with van der Waals surface area (Å²) in [5.41, 5.74) is 1.26. The number of likely N-dealkylation sites (tertiary alicyclic amines) is 1. The highest BCUT2D eigenvalue weighted by atomic mass is 79.9. The van der Waals surface area contributed by atoms with Gasteiger partial charge in [-0.25, -0.2) is 0 Å². The van der Waals surface area contributed by atoms with Crippen molar-refractivity contribution in [3.05, 3.63) is 28.7 Å². The Morgan fingerprint density at radius 2 is 1.48 bits per heavy atom. The van der Waals surface area contributed by atoms with Crippen LogP contribution >= 0.6 is 15.9 Å². The Bertz CT molecular complexity index is 415. The van der Waals surface area contributed by atoms with Crippen LogP contribution in [0.5, 0.6) is 0 Å². The molecule has 1 N–H and O–H groups in total. The SMILES string of the molecule is Brc1ccc(NC2CCN(C3CCCCCC3)CC2)cc1. The second-order valence-electron chi connectivity index (χ2n) is 6.61. The number of nitrogens with one attached hydrogen (secondary N) is 1. The van der Waals surface area contributed by atoms with Gasteiger partial charge in [0, 0.05) is 35.3 Å². The lowest BCUT2D eigenvalue weighted by atomic mass is 9.99. The summed E-state index contributed by atoms with van der Waals surface area (Å²) in [5, 5.41) is 3.70. The van der Waals surface area contributed by atoms with Crippen LogP contribution in [0.25, 0.3) is 0 Å². The lowest BCUT2D eigenvalue weighted by Gasteiger charge is -2.38. The molecule has 2 nitrogen and oxygen atoms in total. The summed E-state index contributed by atoms with van der Waals surface area (Å²) >= 11 is 3.49. The third-order valence-electron chi connectivity index (χ3n) is 5.09. The Kier molecular flexibility index (Phi) is 5.59. The molecular weight excluding hydrogens is 324 g/mol. The number of benzene rings is 1. The summed E-state index contributed by atoms with van der Waals surface area (Å²) in [6, 6.07) is 10.1. The molecule has 3 heteroatoms. The van der Waals surface area contributed by atoms with Crippen LogP contribution < -0.4 is 5.32 Å². The summed E-state index contributed by atoms with van der Waals surface area (Å²) in [7, 11) is 0. The summed E-state index contributed by atoms with van der Waals surface area (Å²) in [5.74, 6) is 0. The molecule has 0 aromatic heterocycles. The molecule has 1 aromatic carbocycles. The molecule has 1 aliphatic heterocycles. The van der Waals surface area contributed by atoms with Gasteiger partial charge in [0.2, 0.25) is 0 Å². The van der Waals surface area contributed by atoms with Crippen LogP contribution in [-0.2, 0) is 0 Å². The molecule has 0 spiro atoms. The third kappa shape index (κ3) is 4.46. The predicted molar refractivity (Wildman–Crippen MR) is 93.8 cm³/mol. The minimum atomic E-state index is 0.646. The zero-order valence-electron chi connectivity index (χ0n) is 12.9. The van der Waals surface area contributed by atoms with Crippen LogP contribution in [0.3, 0.4) is 0 Å². The van der Waals surface area contributed by atoms with Crippen LogP contribution in [0.15, 0.2) is 28.7 Å². The van der Waals surface area contributed by atoms with E-state index in [1.54, 1.807) is 0 Å². The monoisotopic (exact) mass is 350 g/mol. The first-order valence-electron chi connectivity index (χ1n) is 8.57. The lowest BCUT2D eigenvalue weighted by Crippen LogP contribution is -2.44. The molecule has 2 aliphatic rings. The Morgan fingerprint density at radius 3 is 2.10 bits per heavy atom. The first-order valence-corrected chi connectivity index (χ1v) is 9.37. The van der Waals surface area contributed by atoms with Crippen molar-refractivity contribution in [1.29, 1.82) is 0 Å². The van der Waals surface area contributed by atoms with E-state index in [9.17, 15) is 0 Å². The first-order chi connectivity index (χ1) is 10.3. The highest BCUT2D eigenvalue weighted by Gasteiger charge is 2.25. The van der Waals surface area contributed by atoms with Gasteiger partial charge in [0.25, 0.3) is 0 Å². The maximum atomic E-state index is 3.70. The normalized spacial score (nSPS) is 22.9. The van der Waals surface area contributed by atoms with Crippen molar-refractivity contribution in [2.45, 2.75) is 63.5 Å². The van der Waals surface area contributed by atoms with E-state index in [0.717, 1.165) is 10.5 Å². The lowest BCUT2D eigenvalue weighted by molar-refractivity contribution is 0.143. The second kappa shape index (κ2) is 7.64. The number of piperidine rings is 1. The predicted octanol–water partition coefficient (Wildman–Crippen LogP) is 5.05. The van der Waals surface area contributed by atoms with E-state index < -0.39 is 0 Å². The summed E-state index contributed by atoms with van der Waals surface area (Å²) < 4.78 is 1.15. The van der Waals surface area contributed by atoms with Crippen molar-refractivity contribution < 1.29 is 0 Å². The third-order valence-corrected chi connectivity index (χ3v) is 5.61. The van der Waals surface area contributed by atoms with Gasteiger partial charge in [-0.05, 0) is 49.9 Å². The molecule has 1 aliphatic carbocycles. The standard InChI is InChI=1S/C18H27BrN2/c19-15-7-9-16(10-8-15)20-17-11-13-21(14-12-17)18-5-3-1-2-4-6-18/h7-10,17-18,20H,1-6,11-14H2. The van der Waals surface area contributed by atoms with Gasteiger partial charge in [0.15, 0.2) is 0 Å². The quantitative estimate of drug-likeness (QED) is 0.767. The fourth-order valence-electron chi connectivity index (χ4n) is 3.81. The van der Waals surface area contributed by atoms with E-state index in [0.29, 0.717) is 6.04 Å². The summed E-state index contributed by atoms with van der Waals surface area (Å²) in [6.45, 7) is 2.55. The van der Waals surface area contributed by atoms with E-state index in [2.05, 4.69) is 50.4 Å². The van der Waals surface area contributed by atoms with Gasteiger partial charge in [-0.2, -0.15) is 0 Å².